The molecule has 1 unspecified atom stereocenters. The standard InChI is InChI=1S/C19H31N5O2.HI/c1-6-15-14(17(7-2)26-23-15)12-21-19(20-8-3)22-13-16(24(4)5)18-10-9-11-25-18;/h9-11,16H,6-8,12-13H2,1-5H3,(H2,20,21,22);1H. The van der Waals surface area contributed by atoms with Crippen molar-refractivity contribution in [3.8, 4) is 0 Å². The van der Waals surface area contributed by atoms with Crippen LogP contribution in [0.15, 0.2) is 32.3 Å². The number of aryl methyl sites for hydroxylation is 2. The second-order valence-electron chi connectivity index (χ2n) is 6.31. The molecule has 0 bridgehead atoms. The smallest absolute Gasteiger partial charge is 0.191 e. The molecule has 0 aliphatic rings. The molecule has 2 N–H and O–H groups in total. The van der Waals surface area contributed by atoms with Crippen LogP contribution >= 0.6 is 24.0 Å². The van der Waals surface area contributed by atoms with Crippen LogP contribution < -0.4 is 10.6 Å². The Morgan fingerprint density at radius 1 is 1.22 bits per heavy atom. The predicted molar refractivity (Wildman–Crippen MR) is 119 cm³/mol. The molecule has 8 heteroatoms. The fourth-order valence-electron chi connectivity index (χ4n) is 2.83. The first-order valence-corrected chi connectivity index (χ1v) is 9.28. The van der Waals surface area contributed by atoms with Crippen molar-refractivity contribution in [1.82, 2.24) is 20.7 Å². The quantitative estimate of drug-likeness (QED) is 0.320. The molecule has 0 amide bonds. The summed E-state index contributed by atoms with van der Waals surface area (Å²) in [5, 5.41) is 10.9. The molecule has 0 spiro atoms. The van der Waals surface area contributed by atoms with Gasteiger partial charge in [0.15, 0.2) is 5.96 Å². The van der Waals surface area contributed by atoms with Crippen molar-refractivity contribution < 1.29 is 8.94 Å². The molecule has 27 heavy (non-hydrogen) atoms. The summed E-state index contributed by atoms with van der Waals surface area (Å²) in [7, 11) is 4.08. The zero-order valence-electron chi connectivity index (χ0n) is 16.9. The van der Waals surface area contributed by atoms with E-state index in [0.717, 1.165) is 48.1 Å². The van der Waals surface area contributed by atoms with E-state index in [0.29, 0.717) is 13.1 Å². The number of guanidine groups is 1. The van der Waals surface area contributed by atoms with Gasteiger partial charge in [-0.2, -0.15) is 0 Å². The number of aromatic nitrogens is 1. The zero-order chi connectivity index (χ0) is 18.9. The third-order valence-corrected chi connectivity index (χ3v) is 4.30. The van der Waals surface area contributed by atoms with E-state index in [4.69, 9.17) is 13.9 Å². The average Bonchev–Trinajstić information content (AvgIpc) is 3.28. The zero-order valence-corrected chi connectivity index (χ0v) is 19.2. The molecule has 0 fully saturated rings. The molecule has 0 saturated carbocycles. The van der Waals surface area contributed by atoms with Gasteiger partial charge >= 0.3 is 0 Å². The summed E-state index contributed by atoms with van der Waals surface area (Å²) in [4.78, 5) is 6.86. The van der Waals surface area contributed by atoms with E-state index in [1.54, 1.807) is 6.26 Å². The van der Waals surface area contributed by atoms with E-state index in [1.165, 1.54) is 0 Å². The van der Waals surface area contributed by atoms with Gasteiger partial charge in [0.25, 0.3) is 0 Å². The SMILES string of the molecule is CCNC(=NCc1c(CC)noc1CC)NCC(c1ccco1)N(C)C.I. The molecule has 2 aromatic rings. The maximum absolute atomic E-state index is 5.57. The van der Waals surface area contributed by atoms with Gasteiger partial charge in [0.1, 0.15) is 11.5 Å². The van der Waals surface area contributed by atoms with Gasteiger partial charge in [-0.25, -0.2) is 4.99 Å². The van der Waals surface area contributed by atoms with Crippen molar-refractivity contribution in [2.45, 2.75) is 46.2 Å². The minimum Gasteiger partial charge on any atom is -0.468 e. The number of likely N-dealkylation sites (N-methyl/N-ethyl adjacent to an activating group) is 1. The number of nitrogens with one attached hydrogen (secondary N) is 2. The van der Waals surface area contributed by atoms with Crippen LogP contribution in [0.4, 0.5) is 0 Å². The molecular weight excluding hydrogens is 457 g/mol. The van der Waals surface area contributed by atoms with Crippen LogP contribution in [0, 0.1) is 0 Å². The Morgan fingerprint density at radius 2 is 2.00 bits per heavy atom. The summed E-state index contributed by atoms with van der Waals surface area (Å²) >= 11 is 0. The van der Waals surface area contributed by atoms with Crippen molar-refractivity contribution in [1.29, 1.82) is 0 Å². The predicted octanol–water partition coefficient (Wildman–Crippen LogP) is 3.37. The fourth-order valence-corrected chi connectivity index (χ4v) is 2.83. The van der Waals surface area contributed by atoms with Crippen molar-refractivity contribution in [2.75, 3.05) is 27.2 Å². The summed E-state index contributed by atoms with van der Waals surface area (Å²) in [5.74, 6) is 2.62. The van der Waals surface area contributed by atoms with E-state index in [9.17, 15) is 0 Å². The molecule has 0 aliphatic heterocycles. The normalized spacial score (nSPS) is 12.7. The third kappa shape index (κ3) is 6.53. The van der Waals surface area contributed by atoms with Gasteiger partial charge in [0, 0.05) is 25.1 Å². The Balaban J connectivity index is 0.00000364. The summed E-state index contributed by atoms with van der Waals surface area (Å²) in [6.07, 6.45) is 3.37. The molecule has 0 saturated heterocycles. The molecule has 152 valence electrons. The molecule has 7 nitrogen and oxygen atoms in total. The highest BCUT2D eigenvalue weighted by Crippen LogP contribution is 2.18. The van der Waals surface area contributed by atoms with Gasteiger partial charge in [-0.3, -0.25) is 4.90 Å². The van der Waals surface area contributed by atoms with E-state index >= 15 is 0 Å². The highest BCUT2D eigenvalue weighted by Gasteiger charge is 2.18. The minimum atomic E-state index is 0. The van der Waals surface area contributed by atoms with Crippen molar-refractivity contribution >= 4 is 29.9 Å². The lowest BCUT2D eigenvalue weighted by molar-refractivity contribution is 0.258. The van der Waals surface area contributed by atoms with Gasteiger partial charge in [-0.15, -0.1) is 24.0 Å². The van der Waals surface area contributed by atoms with Crippen LogP contribution in [0.1, 0.15) is 49.6 Å². The fraction of sp³-hybridized carbons (Fsp3) is 0.579. The Morgan fingerprint density at radius 3 is 2.56 bits per heavy atom. The second-order valence-corrected chi connectivity index (χ2v) is 6.31. The first-order valence-electron chi connectivity index (χ1n) is 9.28. The van der Waals surface area contributed by atoms with Gasteiger partial charge in [0.2, 0.25) is 0 Å². The van der Waals surface area contributed by atoms with E-state index < -0.39 is 0 Å². The maximum Gasteiger partial charge on any atom is 0.191 e. The van der Waals surface area contributed by atoms with Crippen molar-refractivity contribution in [2.24, 2.45) is 4.99 Å². The topological polar surface area (TPSA) is 78.8 Å². The first kappa shape index (κ1) is 23.5. The van der Waals surface area contributed by atoms with Gasteiger partial charge in [-0.1, -0.05) is 19.0 Å². The van der Waals surface area contributed by atoms with E-state index in [-0.39, 0.29) is 30.0 Å². The number of nitrogens with zero attached hydrogens (tertiary/aromatic N) is 3. The Hall–Kier alpha value is -1.55. The van der Waals surface area contributed by atoms with Gasteiger partial charge in [-0.05, 0) is 39.6 Å². The van der Waals surface area contributed by atoms with E-state index in [1.807, 2.05) is 26.2 Å². The van der Waals surface area contributed by atoms with Gasteiger partial charge < -0.3 is 19.6 Å². The largest absolute Gasteiger partial charge is 0.468 e. The first-order chi connectivity index (χ1) is 12.6. The summed E-state index contributed by atoms with van der Waals surface area (Å²) < 4.78 is 11.0. The monoisotopic (exact) mass is 489 g/mol. The van der Waals surface area contributed by atoms with Crippen molar-refractivity contribution in [3.63, 3.8) is 0 Å². The number of rotatable bonds is 9. The van der Waals surface area contributed by atoms with Crippen molar-refractivity contribution in [3.05, 3.63) is 41.2 Å². The number of furan rings is 1. The third-order valence-electron chi connectivity index (χ3n) is 4.30. The lowest BCUT2D eigenvalue weighted by Gasteiger charge is -2.23. The lowest BCUT2D eigenvalue weighted by atomic mass is 10.1. The maximum atomic E-state index is 5.57. The molecule has 2 heterocycles. The molecule has 2 rings (SSSR count). The number of hydrogen-bond acceptors (Lipinski definition) is 5. The van der Waals surface area contributed by atoms with Crippen LogP contribution in [-0.4, -0.2) is 43.2 Å². The second kappa shape index (κ2) is 12.0. The van der Waals surface area contributed by atoms with Crippen LogP contribution in [0.25, 0.3) is 0 Å². The Labute approximate surface area is 179 Å². The van der Waals surface area contributed by atoms with Crippen LogP contribution in [-0.2, 0) is 19.4 Å². The van der Waals surface area contributed by atoms with Crippen LogP contribution in [0.5, 0.6) is 0 Å². The molecule has 1 atom stereocenters. The molecule has 0 aromatic carbocycles. The minimum absolute atomic E-state index is 0. The Kier molecular flexibility index (Phi) is 10.5. The average molecular weight is 489 g/mol. The number of hydrogen-bond donors (Lipinski definition) is 2. The molecule has 0 aliphatic carbocycles. The summed E-state index contributed by atoms with van der Waals surface area (Å²) in [5.41, 5.74) is 2.09. The number of aliphatic imine (C=N–C) groups is 1. The summed E-state index contributed by atoms with van der Waals surface area (Å²) in [6, 6.07) is 4.03. The molecule has 2 aromatic heterocycles. The summed E-state index contributed by atoms with van der Waals surface area (Å²) in [6.45, 7) is 8.25. The van der Waals surface area contributed by atoms with Gasteiger partial charge in [0.05, 0.1) is 24.5 Å². The highest BCUT2D eigenvalue weighted by molar-refractivity contribution is 14.0. The number of halogens is 1. The van der Waals surface area contributed by atoms with Crippen LogP contribution in [0.3, 0.4) is 0 Å². The molecular formula is C19H32IN5O2. The molecule has 0 radical (unpaired) electrons. The highest BCUT2D eigenvalue weighted by atomic mass is 127. The van der Waals surface area contributed by atoms with Crippen LogP contribution in [0.2, 0.25) is 0 Å². The van der Waals surface area contributed by atoms with E-state index in [2.05, 4.69) is 41.5 Å². The lowest BCUT2D eigenvalue weighted by Crippen LogP contribution is -2.41. The Bertz CT molecular complexity index is 661.